The molecule has 1 aromatic carbocycles. The molecule has 2 saturated heterocycles. The smallest absolute Gasteiger partial charge is 0.251 e. The molecule has 25 heavy (non-hydrogen) atoms. The first-order valence-corrected chi connectivity index (χ1v) is 8.46. The van der Waals surface area contributed by atoms with Gasteiger partial charge in [0.15, 0.2) is 0 Å². The van der Waals surface area contributed by atoms with Crippen LogP contribution >= 0.6 is 24.0 Å². The van der Waals surface area contributed by atoms with E-state index in [9.17, 15) is 9.59 Å². The van der Waals surface area contributed by atoms with Crippen molar-refractivity contribution in [1.82, 2.24) is 15.5 Å². The normalized spacial score (nSPS) is 25.1. The minimum Gasteiger partial charge on any atom is -0.348 e. The first-order chi connectivity index (χ1) is 11.6. The molecule has 2 aliphatic heterocycles. The van der Waals surface area contributed by atoms with Crippen LogP contribution in [0.3, 0.4) is 0 Å². The number of carbonyl (C=O) groups is 2. The number of halogens is 2. The van der Waals surface area contributed by atoms with Crippen molar-refractivity contribution < 1.29 is 9.59 Å². The summed E-state index contributed by atoms with van der Waals surface area (Å²) in [5, 5.41) is 15.8. The summed E-state index contributed by atoms with van der Waals surface area (Å²) in [6, 6.07) is 8.11. The van der Waals surface area contributed by atoms with Gasteiger partial charge in [0.2, 0.25) is 5.91 Å². The molecule has 0 aromatic heterocycles. The van der Waals surface area contributed by atoms with E-state index in [0.29, 0.717) is 30.1 Å². The van der Waals surface area contributed by atoms with Crippen molar-refractivity contribution in [2.45, 2.75) is 37.4 Å². The summed E-state index contributed by atoms with van der Waals surface area (Å²) in [6.07, 6.45) is 2.14. The summed E-state index contributed by atoms with van der Waals surface area (Å²) in [5.74, 6) is -0.218. The zero-order chi connectivity index (χ0) is 17.1. The molecular formula is C17H20Cl2N4O2. The van der Waals surface area contributed by atoms with Crippen molar-refractivity contribution in [3.05, 3.63) is 34.9 Å². The Balaban J connectivity index is 0.00000225. The number of carbonyl (C=O) groups excluding carboxylic acids is 2. The predicted molar refractivity (Wildman–Crippen MR) is 96.7 cm³/mol. The van der Waals surface area contributed by atoms with Crippen LogP contribution in [0.5, 0.6) is 0 Å². The van der Waals surface area contributed by atoms with Gasteiger partial charge in [0.05, 0.1) is 12.1 Å². The van der Waals surface area contributed by atoms with E-state index >= 15 is 0 Å². The second-order valence-corrected chi connectivity index (χ2v) is 6.63. The van der Waals surface area contributed by atoms with Gasteiger partial charge in [-0.2, -0.15) is 5.26 Å². The van der Waals surface area contributed by atoms with Crippen molar-refractivity contribution in [3.63, 3.8) is 0 Å². The van der Waals surface area contributed by atoms with E-state index < -0.39 is 0 Å². The first-order valence-electron chi connectivity index (χ1n) is 8.08. The van der Waals surface area contributed by atoms with Crippen LogP contribution < -0.4 is 10.6 Å². The third-order valence-electron chi connectivity index (χ3n) is 4.56. The summed E-state index contributed by atoms with van der Waals surface area (Å²) in [7, 11) is 0. The number of likely N-dealkylation sites (tertiary alicyclic amines) is 1. The highest BCUT2D eigenvalue weighted by molar-refractivity contribution is 6.30. The quantitative estimate of drug-likeness (QED) is 0.833. The van der Waals surface area contributed by atoms with Crippen molar-refractivity contribution in [1.29, 1.82) is 5.26 Å². The summed E-state index contributed by atoms with van der Waals surface area (Å²) < 4.78 is 0. The van der Waals surface area contributed by atoms with Crippen LogP contribution in [0.2, 0.25) is 5.02 Å². The molecule has 134 valence electrons. The lowest BCUT2D eigenvalue weighted by Gasteiger charge is -2.23. The van der Waals surface area contributed by atoms with Crippen LogP contribution in [-0.2, 0) is 4.79 Å². The molecule has 0 aliphatic carbocycles. The van der Waals surface area contributed by atoms with E-state index in [1.165, 1.54) is 0 Å². The van der Waals surface area contributed by atoms with Crippen LogP contribution in [0, 0.1) is 11.3 Å². The molecule has 1 unspecified atom stereocenters. The lowest BCUT2D eigenvalue weighted by atomic mass is 10.1. The number of hydrogen-bond donors (Lipinski definition) is 2. The maximum atomic E-state index is 12.5. The Kier molecular flexibility index (Phi) is 6.65. The van der Waals surface area contributed by atoms with E-state index in [1.54, 1.807) is 29.2 Å². The highest BCUT2D eigenvalue weighted by atomic mass is 35.5. The van der Waals surface area contributed by atoms with Crippen LogP contribution in [-0.4, -0.2) is 47.9 Å². The lowest BCUT2D eigenvalue weighted by Crippen LogP contribution is -2.45. The van der Waals surface area contributed by atoms with Gasteiger partial charge in [-0.05, 0) is 43.5 Å². The zero-order valence-corrected chi connectivity index (χ0v) is 15.1. The molecule has 0 bridgehead atoms. The van der Waals surface area contributed by atoms with Crippen LogP contribution in [0.25, 0.3) is 0 Å². The van der Waals surface area contributed by atoms with Gasteiger partial charge in [0, 0.05) is 29.7 Å². The third-order valence-corrected chi connectivity index (χ3v) is 4.81. The van der Waals surface area contributed by atoms with Gasteiger partial charge < -0.3 is 15.5 Å². The molecule has 0 radical (unpaired) electrons. The highest BCUT2D eigenvalue weighted by Crippen LogP contribution is 2.20. The molecule has 2 fully saturated rings. The van der Waals surface area contributed by atoms with Crippen molar-refractivity contribution in [2.75, 3.05) is 13.1 Å². The number of rotatable bonds is 3. The molecule has 1 aromatic rings. The molecule has 8 heteroatoms. The predicted octanol–water partition coefficient (Wildman–Crippen LogP) is 1.74. The first kappa shape index (κ1) is 19.5. The average Bonchev–Trinajstić information content (AvgIpc) is 3.23. The minimum absolute atomic E-state index is 0. The molecule has 3 atom stereocenters. The van der Waals surface area contributed by atoms with Crippen molar-refractivity contribution >= 4 is 35.8 Å². The molecule has 3 rings (SSSR count). The summed E-state index contributed by atoms with van der Waals surface area (Å²) in [5.41, 5.74) is 0.540. The largest absolute Gasteiger partial charge is 0.348 e. The van der Waals surface area contributed by atoms with Crippen LogP contribution in [0.15, 0.2) is 24.3 Å². The Morgan fingerprint density at radius 2 is 2.04 bits per heavy atom. The second-order valence-electron chi connectivity index (χ2n) is 6.19. The SMILES string of the molecule is Cl.N#CC1CCCN1C(=O)[C@@H]1C[C@H](NC(=O)c2ccc(Cl)cc2)CN1. The van der Waals surface area contributed by atoms with Gasteiger partial charge in [-0.3, -0.25) is 9.59 Å². The maximum absolute atomic E-state index is 12.5. The van der Waals surface area contributed by atoms with Gasteiger partial charge >= 0.3 is 0 Å². The van der Waals surface area contributed by atoms with Gasteiger partial charge in [0.25, 0.3) is 5.91 Å². The van der Waals surface area contributed by atoms with E-state index in [1.807, 2.05) is 0 Å². The van der Waals surface area contributed by atoms with Gasteiger partial charge in [-0.15, -0.1) is 12.4 Å². The van der Waals surface area contributed by atoms with Crippen LogP contribution in [0.1, 0.15) is 29.6 Å². The number of nitrogens with one attached hydrogen (secondary N) is 2. The number of benzene rings is 1. The van der Waals surface area contributed by atoms with Gasteiger partial charge in [0.1, 0.15) is 6.04 Å². The summed E-state index contributed by atoms with van der Waals surface area (Å²) in [4.78, 5) is 26.4. The summed E-state index contributed by atoms with van der Waals surface area (Å²) >= 11 is 5.82. The fourth-order valence-corrected chi connectivity index (χ4v) is 3.39. The molecule has 2 heterocycles. The van der Waals surface area contributed by atoms with Crippen molar-refractivity contribution in [3.8, 4) is 6.07 Å². The van der Waals surface area contributed by atoms with E-state index in [0.717, 1.165) is 12.8 Å². The Morgan fingerprint density at radius 1 is 1.32 bits per heavy atom. The highest BCUT2D eigenvalue weighted by Gasteiger charge is 2.37. The maximum Gasteiger partial charge on any atom is 0.251 e. The van der Waals surface area contributed by atoms with E-state index in [-0.39, 0.29) is 42.3 Å². The van der Waals surface area contributed by atoms with Gasteiger partial charge in [-0.25, -0.2) is 0 Å². The van der Waals surface area contributed by atoms with Crippen LogP contribution in [0.4, 0.5) is 0 Å². The molecule has 2 amide bonds. The standard InChI is InChI=1S/C17H19ClN4O2.ClH/c18-12-5-3-11(4-6-12)16(23)21-13-8-15(20-10-13)17(24)22-7-1-2-14(22)9-19;/h3-6,13-15,20H,1-2,7-8,10H2,(H,21,23);1H/t13-,14?,15-;/m0./s1. The molecule has 2 aliphatic rings. The van der Waals surface area contributed by atoms with E-state index in [4.69, 9.17) is 16.9 Å². The lowest BCUT2D eigenvalue weighted by molar-refractivity contribution is -0.133. The second kappa shape index (κ2) is 8.52. The monoisotopic (exact) mass is 382 g/mol. The average molecular weight is 383 g/mol. The summed E-state index contributed by atoms with van der Waals surface area (Å²) in [6.45, 7) is 1.18. The third kappa shape index (κ3) is 4.43. The Hall–Kier alpha value is -1.81. The molecule has 0 spiro atoms. The van der Waals surface area contributed by atoms with Crippen molar-refractivity contribution in [2.24, 2.45) is 0 Å². The molecular weight excluding hydrogens is 363 g/mol. The Bertz CT molecular complexity index is 674. The molecule has 6 nitrogen and oxygen atoms in total. The fourth-order valence-electron chi connectivity index (χ4n) is 3.27. The minimum atomic E-state index is -0.338. The fraction of sp³-hybridized carbons (Fsp3) is 0.471. The number of hydrogen-bond acceptors (Lipinski definition) is 4. The topological polar surface area (TPSA) is 85.2 Å². The number of nitrogens with zero attached hydrogens (tertiary/aromatic N) is 2. The zero-order valence-electron chi connectivity index (χ0n) is 13.6. The molecule has 0 saturated carbocycles. The Morgan fingerprint density at radius 3 is 2.72 bits per heavy atom. The van der Waals surface area contributed by atoms with E-state index in [2.05, 4.69) is 16.7 Å². The molecule has 2 N–H and O–H groups in total. The Labute approximate surface area is 157 Å². The number of nitriles is 1. The number of amides is 2. The van der Waals surface area contributed by atoms with Gasteiger partial charge in [-0.1, -0.05) is 11.6 Å².